The highest BCUT2D eigenvalue weighted by Gasteiger charge is 1.89. The number of ether oxygens (including phenoxy) is 2. The molecule has 0 heterocycles. The molecule has 0 radical (unpaired) electrons. The lowest BCUT2D eigenvalue weighted by Gasteiger charge is -1.97. The van der Waals surface area contributed by atoms with Gasteiger partial charge in [-0.2, -0.15) is 0 Å². The van der Waals surface area contributed by atoms with Crippen LogP contribution in [-0.2, 0) is 22.7 Å². The fraction of sp³-hybridized carbons (Fsp3) is 0.333. The molecule has 0 atom stereocenters. The van der Waals surface area contributed by atoms with E-state index in [1.54, 1.807) is 14.2 Å². The summed E-state index contributed by atoms with van der Waals surface area (Å²) in [5.41, 5.74) is 2.37. The number of hydrogen-bond acceptors (Lipinski definition) is 2. The van der Waals surface area contributed by atoms with Crippen LogP contribution in [0.4, 0.5) is 0 Å². The number of halogens is 1. The average Bonchev–Trinajstić information content (AvgIpc) is 2.54. The lowest BCUT2D eigenvalue weighted by atomic mass is 10.2. The molecular formula is C18H25ClO2. The molecule has 0 aliphatic rings. The van der Waals surface area contributed by atoms with Gasteiger partial charge in [-0.15, -0.1) is 0 Å². The fourth-order valence-electron chi connectivity index (χ4n) is 1.49. The van der Waals surface area contributed by atoms with E-state index in [0.29, 0.717) is 13.2 Å². The summed E-state index contributed by atoms with van der Waals surface area (Å²) in [6, 6.07) is 17.7. The van der Waals surface area contributed by atoms with Gasteiger partial charge in [0.1, 0.15) is 0 Å². The zero-order chi connectivity index (χ0) is 15.9. The molecule has 0 spiro atoms. The van der Waals surface area contributed by atoms with Crippen molar-refractivity contribution in [2.75, 3.05) is 14.2 Å². The van der Waals surface area contributed by atoms with Crippen LogP contribution in [0, 0.1) is 0 Å². The molecule has 0 bridgehead atoms. The standard InChI is InChI=1S/C8H9ClO.C8H10O.C2H6/c1-10-6-7-2-4-8(9)5-3-7;1-9-7-8-5-3-2-4-6-8;1-2/h2-5H,6H2,1H3;2-6H,7H2,1H3;1-2H3. The van der Waals surface area contributed by atoms with E-state index in [4.69, 9.17) is 21.1 Å². The van der Waals surface area contributed by atoms with Gasteiger partial charge >= 0.3 is 0 Å². The van der Waals surface area contributed by atoms with Crippen LogP contribution in [0.1, 0.15) is 25.0 Å². The zero-order valence-electron chi connectivity index (χ0n) is 13.3. The number of rotatable bonds is 4. The summed E-state index contributed by atoms with van der Waals surface area (Å²) < 4.78 is 9.85. The molecule has 2 aromatic carbocycles. The van der Waals surface area contributed by atoms with E-state index in [-0.39, 0.29) is 0 Å². The van der Waals surface area contributed by atoms with Gasteiger partial charge in [0.25, 0.3) is 0 Å². The molecule has 116 valence electrons. The van der Waals surface area contributed by atoms with E-state index in [1.165, 1.54) is 5.56 Å². The molecule has 0 N–H and O–H groups in total. The Balaban J connectivity index is 0.000000342. The summed E-state index contributed by atoms with van der Waals surface area (Å²) in [7, 11) is 3.38. The van der Waals surface area contributed by atoms with Gasteiger partial charge < -0.3 is 9.47 Å². The van der Waals surface area contributed by atoms with Crippen LogP contribution in [-0.4, -0.2) is 14.2 Å². The molecule has 0 saturated heterocycles. The Bertz CT molecular complexity index is 441. The molecule has 0 aliphatic carbocycles. The van der Waals surface area contributed by atoms with Gasteiger partial charge in [-0.25, -0.2) is 0 Å². The third-order valence-electron chi connectivity index (χ3n) is 2.38. The van der Waals surface area contributed by atoms with Crippen LogP contribution >= 0.6 is 11.6 Å². The second-order valence-electron chi connectivity index (χ2n) is 3.98. The molecule has 2 rings (SSSR count). The van der Waals surface area contributed by atoms with E-state index in [2.05, 4.69) is 0 Å². The zero-order valence-corrected chi connectivity index (χ0v) is 14.1. The van der Waals surface area contributed by atoms with Gasteiger partial charge in [0.05, 0.1) is 13.2 Å². The minimum absolute atomic E-state index is 0.650. The maximum atomic E-state index is 5.67. The van der Waals surface area contributed by atoms with Gasteiger partial charge in [0.2, 0.25) is 0 Å². The third kappa shape index (κ3) is 10.1. The quantitative estimate of drug-likeness (QED) is 0.758. The molecule has 2 aromatic rings. The van der Waals surface area contributed by atoms with E-state index < -0.39 is 0 Å². The summed E-state index contributed by atoms with van der Waals surface area (Å²) in [5.74, 6) is 0. The first-order valence-electron chi connectivity index (χ1n) is 7.02. The molecule has 0 aliphatic heterocycles. The average molecular weight is 309 g/mol. The monoisotopic (exact) mass is 308 g/mol. The lowest BCUT2D eigenvalue weighted by molar-refractivity contribution is 0.185. The number of hydrogen-bond donors (Lipinski definition) is 0. The Hall–Kier alpha value is -1.35. The van der Waals surface area contributed by atoms with Crippen molar-refractivity contribution in [2.24, 2.45) is 0 Å². The molecule has 3 heteroatoms. The van der Waals surface area contributed by atoms with Crippen molar-refractivity contribution in [3.8, 4) is 0 Å². The largest absolute Gasteiger partial charge is 0.380 e. The second-order valence-corrected chi connectivity index (χ2v) is 4.41. The van der Waals surface area contributed by atoms with Crippen molar-refractivity contribution in [3.63, 3.8) is 0 Å². The predicted octanol–water partition coefficient (Wildman–Crippen LogP) is 5.35. The topological polar surface area (TPSA) is 18.5 Å². The first kappa shape index (κ1) is 19.7. The summed E-state index contributed by atoms with van der Waals surface area (Å²) in [4.78, 5) is 0. The highest BCUT2D eigenvalue weighted by molar-refractivity contribution is 6.30. The summed E-state index contributed by atoms with van der Waals surface area (Å²) >= 11 is 5.67. The Morgan fingerprint density at radius 2 is 1.14 bits per heavy atom. The van der Waals surface area contributed by atoms with Crippen LogP contribution < -0.4 is 0 Å². The fourth-order valence-corrected chi connectivity index (χ4v) is 1.61. The maximum absolute atomic E-state index is 5.67. The van der Waals surface area contributed by atoms with Gasteiger partial charge in [-0.3, -0.25) is 0 Å². The van der Waals surface area contributed by atoms with Gasteiger partial charge in [0.15, 0.2) is 0 Å². The Morgan fingerprint density at radius 3 is 1.57 bits per heavy atom. The van der Waals surface area contributed by atoms with Crippen molar-refractivity contribution in [3.05, 3.63) is 70.7 Å². The SMILES string of the molecule is CC.COCc1ccc(Cl)cc1.COCc1ccccc1. The van der Waals surface area contributed by atoms with Gasteiger partial charge in [0, 0.05) is 19.2 Å². The molecule has 2 nitrogen and oxygen atoms in total. The van der Waals surface area contributed by atoms with Crippen molar-refractivity contribution in [2.45, 2.75) is 27.1 Å². The molecule has 0 aromatic heterocycles. The van der Waals surface area contributed by atoms with E-state index in [9.17, 15) is 0 Å². The van der Waals surface area contributed by atoms with Crippen LogP contribution in [0.2, 0.25) is 5.02 Å². The van der Waals surface area contributed by atoms with Crippen molar-refractivity contribution >= 4 is 11.6 Å². The Morgan fingerprint density at radius 1 is 0.714 bits per heavy atom. The molecule has 0 fully saturated rings. The minimum atomic E-state index is 0.650. The third-order valence-corrected chi connectivity index (χ3v) is 2.63. The normalized spacial score (nSPS) is 9.00. The summed E-state index contributed by atoms with van der Waals surface area (Å²) in [6.07, 6.45) is 0. The molecule has 21 heavy (non-hydrogen) atoms. The minimum Gasteiger partial charge on any atom is -0.380 e. The van der Waals surface area contributed by atoms with Crippen LogP contribution in [0.3, 0.4) is 0 Å². The lowest BCUT2D eigenvalue weighted by Crippen LogP contribution is -1.84. The van der Waals surface area contributed by atoms with Crippen molar-refractivity contribution in [1.82, 2.24) is 0 Å². The summed E-state index contributed by atoms with van der Waals surface area (Å²) in [6.45, 7) is 5.36. The van der Waals surface area contributed by atoms with Crippen molar-refractivity contribution < 1.29 is 9.47 Å². The molecule has 0 unspecified atom stereocenters. The molecular weight excluding hydrogens is 284 g/mol. The number of benzene rings is 2. The van der Waals surface area contributed by atoms with E-state index >= 15 is 0 Å². The van der Waals surface area contributed by atoms with Crippen molar-refractivity contribution in [1.29, 1.82) is 0 Å². The second kappa shape index (κ2) is 13.6. The maximum Gasteiger partial charge on any atom is 0.0713 e. The highest BCUT2D eigenvalue weighted by Crippen LogP contribution is 2.09. The Kier molecular flexibility index (Phi) is 12.7. The van der Waals surface area contributed by atoms with E-state index in [1.807, 2.05) is 68.4 Å². The van der Waals surface area contributed by atoms with Gasteiger partial charge in [-0.1, -0.05) is 67.9 Å². The van der Waals surface area contributed by atoms with Gasteiger partial charge in [-0.05, 0) is 23.3 Å². The first-order chi connectivity index (χ1) is 10.3. The molecule has 0 saturated carbocycles. The predicted molar refractivity (Wildman–Crippen MR) is 90.7 cm³/mol. The summed E-state index contributed by atoms with van der Waals surface area (Å²) in [5, 5.41) is 0.764. The first-order valence-corrected chi connectivity index (χ1v) is 7.40. The van der Waals surface area contributed by atoms with Crippen LogP contribution in [0.15, 0.2) is 54.6 Å². The number of methoxy groups -OCH3 is 2. The Labute approximate surface area is 133 Å². The van der Waals surface area contributed by atoms with E-state index in [0.717, 1.165) is 10.6 Å². The van der Waals surface area contributed by atoms with Crippen LogP contribution in [0.5, 0.6) is 0 Å². The smallest absolute Gasteiger partial charge is 0.0713 e. The molecule has 0 amide bonds. The highest BCUT2D eigenvalue weighted by atomic mass is 35.5. The van der Waals surface area contributed by atoms with Crippen LogP contribution in [0.25, 0.3) is 0 Å².